The lowest BCUT2D eigenvalue weighted by molar-refractivity contribution is 0.225. The fraction of sp³-hybridized carbons (Fsp3) is 0.350. The monoisotopic (exact) mass is 397 g/mol. The van der Waals surface area contributed by atoms with E-state index in [0.717, 1.165) is 32.5 Å². The van der Waals surface area contributed by atoms with Gasteiger partial charge in [0.2, 0.25) is 5.65 Å². The Hall–Kier alpha value is -2.82. The smallest absolute Gasteiger partial charge is 0.297 e. The van der Waals surface area contributed by atoms with E-state index in [1.807, 2.05) is 6.07 Å². The number of hydrogen-bond donors (Lipinski definition) is 2. The zero-order valence-electron chi connectivity index (χ0n) is 15.4. The summed E-state index contributed by atoms with van der Waals surface area (Å²) in [4.78, 5) is 11.3. The first-order chi connectivity index (χ1) is 13.6. The van der Waals surface area contributed by atoms with Crippen LogP contribution in [0, 0.1) is 11.3 Å². The Labute approximate surface area is 167 Å². The van der Waals surface area contributed by atoms with Gasteiger partial charge in [-0.3, -0.25) is 0 Å². The molecule has 0 saturated carbocycles. The molecule has 4 rings (SSSR count). The summed E-state index contributed by atoms with van der Waals surface area (Å²) in [5.74, 6) is -0.0976. The predicted octanol–water partition coefficient (Wildman–Crippen LogP) is 4.02. The number of nitrogens with one attached hydrogen (secondary N) is 1. The highest BCUT2D eigenvalue weighted by Gasteiger charge is 2.21. The molecule has 1 fully saturated rings. The molecule has 0 unspecified atom stereocenters. The van der Waals surface area contributed by atoms with Crippen molar-refractivity contribution in [3.05, 3.63) is 34.9 Å². The Morgan fingerprint density at radius 1 is 1.39 bits per heavy atom. The average Bonchev–Trinajstić information content (AvgIpc) is 3.09. The second-order valence-corrected chi connectivity index (χ2v) is 7.29. The minimum absolute atomic E-state index is 0.0976. The van der Waals surface area contributed by atoms with Crippen molar-refractivity contribution in [2.75, 3.05) is 25.0 Å². The van der Waals surface area contributed by atoms with Crippen LogP contribution in [0.4, 0.5) is 6.01 Å². The van der Waals surface area contributed by atoms with E-state index in [4.69, 9.17) is 21.3 Å². The van der Waals surface area contributed by atoms with Gasteiger partial charge in [-0.05, 0) is 50.2 Å². The van der Waals surface area contributed by atoms with Crippen molar-refractivity contribution >= 4 is 28.8 Å². The fourth-order valence-electron chi connectivity index (χ4n) is 3.56. The normalized spacial score (nSPS) is 17.5. The molecule has 0 aliphatic carbocycles. The van der Waals surface area contributed by atoms with Gasteiger partial charge in [-0.1, -0.05) is 18.5 Å². The number of likely N-dealkylation sites (N-methyl/N-ethyl adjacent to an activating group) is 1. The van der Waals surface area contributed by atoms with Gasteiger partial charge in [-0.25, -0.2) is 4.98 Å². The number of nitrogens with zero attached hydrogens (tertiary/aromatic N) is 4. The summed E-state index contributed by atoms with van der Waals surface area (Å²) in [6.07, 6.45) is 2.22. The van der Waals surface area contributed by atoms with Gasteiger partial charge in [0, 0.05) is 12.6 Å². The molecule has 0 spiro atoms. The Kier molecular flexibility index (Phi) is 5.07. The minimum atomic E-state index is -0.0976. The SMILES string of the molecule is CCN1CCC[C@@H](Nc2nc3nc(-c4c(O)cc(C#N)cc4Cl)ccc3o2)C1. The highest BCUT2D eigenvalue weighted by Crippen LogP contribution is 2.36. The van der Waals surface area contributed by atoms with Gasteiger partial charge in [0.25, 0.3) is 6.01 Å². The number of benzene rings is 1. The first-order valence-corrected chi connectivity index (χ1v) is 9.64. The molecule has 0 bridgehead atoms. The van der Waals surface area contributed by atoms with Gasteiger partial charge in [0.05, 0.1) is 27.9 Å². The molecular formula is C20H20ClN5O2. The van der Waals surface area contributed by atoms with Gasteiger partial charge < -0.3 is 19.7 Å². The van der Waals surface area contributed by atoms with E-state index in [9.17, 15) is 5.11 Å². The first-order valence-electron chi connectivity index (χ1n) is 9.27. The molecule has 1 aliphatic rings. The summed E-state index contributed by atoms with van der Waals surface area (Å²) < 4.78 is 5.79. The number of likely N-dealkylation sites (tertiary alicyclic amines) is 1. The molecule has 144 valence electrons. The highest BCUT2D eigenvalue weighted by atomic mass is 35.5. The molecule has 1 saturated heterocycles. The summed E-state index contributed by atoms with van der Waals surface area (Å²) in [6.45, 7) is 5.28. The zero-order chi connectivity index (χ0) is 19.7. The third-order valence-electron chi connectivity index (χ3n) is 4.99. The Balaban J connectivity index is 1.62. The molecule has 1 aromatic carbocycles. The van der Waals surface area contributed by atoms with E-state index in [0.29, 0.717) is 34.5 Å². The summed E-state index contributed by atoms with van der Waals surface area (Å²) in [5, 5.41) is 22.9. The molecule has 0 amide bonds. The van der Waals surface area contributed by atoms with Crippen molar-refractivity contribution in [2.24, 2.45) is 0 Å². The molecule has 3 heterocycles. The van der Waals surface area contributed by atoms with E-state index in [1.165, 1.54) is 12.1 Å². The first kappa shape index (κ1) is 18.5. The number of pyridine rings is 1. The van der Waals surface area contributed by atoms with Gasteiger partial charge in [0.15, 0.2) is 5.58 Å². The number of fused-ring (bicyclic) bond motifs is 1. The molecule has 2 N–H and O–H groups in total. The maximum Gasteiger partial charge on any atom is 0.297 e. The van der Waals surface area contributed by atoms with Gasteiger partial charge in [-0.2, -0.15) is 10.2 Å². The Bertz CT molecular complexity index is 1040. The van der Waals surface area contributed by atoms with Gasteiger partial charge in [-0.15, -0.1) is 0 Å². The molecule has 1 aliphatic heterocycles. The highest BCUT2D eigenvalue weighted by molar-refractivity contribution is 6.33. The van der Waals surface area contributed by atoms with Crippen molar-refractivity contribution in [2.45, 2.75) is 25.8 Å². The summed E-state index contributed by atoms with van der Waals surface area (Å²) in [7, 11) is 0. The number of piperidine rings is 1. The number of aromatic nitrogens is 2. The van der Waals surface area contributed by atoms with Crippen molar-refractivity contribution in [1.29, 1.82) is 5.26 Å². The van der Waals surface area contributed by atoms with Crippen LogP contribution in [0.15, 0.2) is 28.7 Å². The fourth-order valence-corrected chi connectivity index (χ4v) is 3.88. The van der Waals surface area contributed by atoms with Crippen LogP contribution in [0.3, 0.4) is 0 Å². The van der Waals surface area contributed by atoms with E-state index in [1.54, 1.807) is 12.1 Å². The van der Waals surface area contributed by atoms with E-state index in [-0.39, 0.29) is 16.3 Å². The topological polar surface area (TPSA) is 98.2 Å². The molecular weight excluding hydrogens is 378 g/mol. The summed E-state index contributed by atoms with van der Waals surface area (Å²) in [6, 6.07) is 9.03. The molecule has 0 radical (unpaired) electrons. The summed E-state index contributed by atoms with van der Waals surface area (Å²) in [5.41, 5.74) is 2.11. The molecule has 7 nitrogen and oxygen atoms in total. The number of phenolic OH excluding ortho intramolecular Hbond substituents is 1. The lowest BCUT2D eigenvalue weighted by Crippen LogP contribution is -2.41. The number of phenols is 1. The van der Waals surface area contributed by atoms with Crippen molar-refractivity contribution in [3.8, 4) is 23.1 Å². The lowest BCUT2D eigenvalue weighted by Gasteiger charge is -2.31. The van der Waals surface area contributed by atoms with E-state index < -0.39 is 0 Å². The molecule has 28 heavy (non-hydrogen) atoms. The number of rotatable bonds is 4. The van der Waals surface area contributed by atoms with Crippen LogP contribution in [-0.2, 0) is 0 Å². The van der Waals surface area contributed by atoms with Gasteiger partial charge >= 0.3 is 0 Å². The third-order valence-corrected chi connectivity index (χ3v) is 5.29. The van der Waals surface area contributed by atoms with Crippen LogP contribution < -0.4 is 5.32 Å². The van der Waals surface area contributed by atoms with Crippen LogP contribution in [0.1, 0.15) is 25.3 Å². The number of halogens is 1. The quantitative estimate of drug-likeness (QED) is 0.686. The van der Waals surface area contributed by atoms with Crippen molar-refractivity contribution < 1.29 is 9.52 Å². The minimum Gasteiger partial charge on any atom is -0.507 e. The Morgan fingerprint density at radius 3 is 3.00 bits per heavy atom. The second-order valence-electron chi connectivity index (χ2n) is 6.88. The number of oxazole rings is 1. The van der Waals surface area contributed by atoms with Crippen LogP contribution in [0.25, 0.3) is 22.5 Å². The van der Waals surface area contributed by atoms with Crippen LogP contribution in [0.2, 0.25) is 5.02 Å². The van der Waals surface area contributed by atoms with E-state index >= 15 is 0 Å². The average molecular weight is 398 g/mol. The van der Waals surface area contributed by atoms with Crippen molar-refractivity contribution in [1.82, 2.24) is 14.9 Å². The van der Waals surface area contributed by atoms with Crippen LogP contribution in [-0.4, -0.2) is 45.7 Å². The molecule has 2 aromatic heterocycles. The van der Waals surface area contributed by atoms with Gasteiger partial charge in [0.1, 0.15) is 5.75 Å². The maximum atomic E-state index is 10.3. The maximum absolute atomic E-state index is 10.3. The molecule has 3 aromatic rings. The standard InChI is InChI=1S/C20H20ClN5O2/c1-2-26-7-3-4-13(11-26)23-20-25-19-17(28-20)6-5-15(24-19)18-14(21)8-12(10-22)9-16(18)27/h5-6,8-9,13,27H,2-4,7,11H2,1H3,(H,23,24,25)/t13-/m1/s1. The largest absolute Gasteiger partial charge is 0.507 e. The van der Waals surface area contributed by atoms with Crippen LogP contribution in [0.5, 0.6) is 5.75 Å². The number of anilines is 1. The predicted molar refractivity (Wildman–Crippen MR) is 107 cm³/mol. The van der Waals surface area contributed by atoms with Crippen molar-refractivity contribution in [3.63, 3.8) is 0 Å². The lowest BCUT2D eigenvalue weighted by atomic mass is 10.1. The number of hydrogen-bond acceptors (Lipinski definition) is 7. The van der Waals surface area contributed by atoms with E-state index in [2.05, 4.69) is 27.1 Å². The summed E-state index contributed by atoms with van der Waals surface area (Å²) >= 11 is 6.25. The second kappa shape index (κ2) is 7.66. The molecule has 1 atom stereocenters. The molecule has 8 heteroatoms. The Morgan fingerprint density at radius 2 is 2.25 bits per heavy atom. The van der Waals surface area contributed by atoms with Crippen LogP contribution >= 0.6 is 11.6 Å². The number of nitriles is 1. The third kappa shape index (κ3) is 3.61. The number of aromatic hydroxyl groups is 1. The zero-order valence-corrected chi connectivity index (χ0v) is 16.2.